The summed E-state index contributed by atoms with van der Waals surface area (Å²) in [6.45, 7) is 2.89. The number of amides is 1. The van der Waals surface area contributed by atoms with Crippen LogP contribution in [-0.4, -0.2) is 30.1 Å². The molecule has 0 aromatic heterocycles. The van der Waals surface area contributed by atoms with Crippen LogP contribution in [-0.2, 0) is 4.79 Å². The van der Waals surface area contributed by atoms with E-state index >= 15 is 0 Å². The number of anilines is 1. The molecule has 176 valence electrons. The maximum atomic E-state index is 13.2. The van der Waals surface area contributed by atoms with Gasteiger partial charge >= 0.3 is 5.97 Å². The van der Waals surface area contributed by atoms with Crippen molar-refractivity contribution >= 4 is 40.8 Å². The van der Waals surface area contributed by atoms with Crippen LogP contribution in [0, 0.1) is 0 Å². The molecule has 1 unspecified atom stereocenters. The van der Waals surface area contributed by atoms with Crippen molar-refractivity contribution in [1.82, 2.24) is 0 Å². The van der Waals surface area contributed by atoms with Gasteiger partial charge in [0.05, 0.1) is 17.5 Å². The van der Waals surface area contributed by atoms with Gasteiger partial charge in [-0.25, -0.2) is 0 Å². The third kappa shape index (κ3) is 5.13. The molecule has 0 saturated heterocycles. The Bertz CT molecular complexity index is 1200. The number of carbonyl (C=O) groups excluding carboxylic acids is 1. The largest absolute Gasteiger partial charge is 0.493 e. The summed E-state index contributed by atoms with van der Waals surface area (Å²) in [5.41, 5.74) is 1.83. The number of nitrogens with zero attached hydrogens (tertiary/aromatic N) is 1. The van der Waals surface area contributed by atoms with Crippen LogP contribution >= 0.6 is 23.2 Å². The van der Waals surface area contributed by atoms with E-state index in [2.05, 4.69) is 0 Å². The zero-order valence-electron chi connectivity index (χ0n) is 18.5. The van der Waals surface area contributed by atoms with Crippen LogP contribution in [0.5, 0.6) is 17.2 Å². The molecule has 8 heteroatoms. The summed E-state index contributed by atoms with van der Waals surface area (Å²) in [5, 5.41) is 10.3. The topological polar surface area (TPSA) is 76.1 Å². The molecular weight excluding hydrogens is 477 g/mol. The maximum Gasteiger partial charge on any atom is 0.311 e. The molecule has 3 aromatic rings. The van der Waals surface area contributed by atoms with Crippen molar-refractivity contribution in [2.75, 3.05) is 18.1 Å². The molecular formula is C26H23Cl2NO5. The van der Waals surface area contributed by atoms with Crippen molar-refractivity contribution in [2.45, 2.75) is 25.7 Å². The zero-order valence-corrected chi connectivity index (χ0v) is 20.0. The second-order valence-corrected chi connectivity index (χ2v) is 8.75. The van der Waals surface area contributed by atoms with Gasteiger partial charge in [0, 0.05) is 34.4 Å². The van der Waals surface area contributed by atoms with Crippen molar-refractivity contribution < 1.29 is 24.2 Å². The molecule has 3 aromatic carbocycles. The smallest absolute Gasteiger partial charge is 0.311 e. The van der Waals surface area contributed by atoms with E-state index in [1.807, 2.05) is 19.1 Å². The Morgan fingerprint density at radius 3 is 2.44 bits per heavy atom. The first-order chi connectivity index (χ1) is 16.4. The predicted molar refractivity (Wildman–Crippen MR) is 132 cm³/mol. The van der Waals surface area contributed by atoms with E-state index < -0.39 is 11.9 Å². The van der Waals surface area contributed by atoms with Gasteiger partial charge < -0.3 is 19.5 Å². The Morgan fingerprint density at radius 2 is 1.79 bits per heavy atom. The van der Waals surface area contributed by atoms with Gasteiger partial charge in [0.2, 0.25) is 0 Å². The molecule has 6 nitrogen and oxygen atoms in total. The van der Waals surface area contributed by atoms with Gasteiger partial charge in [0.25, 0.3) is 5.91 Å². The average molecular weight is 500 g/mol. The number of fused-ring (bicyclic) bond motifs is 1. The SMILES string of the molecule is CCCN(C(=O)c1ccc(Oc2cc3c(cc2Cl)C(C(=O)O)CCO3)cc1)c1ccc(Cl)cc1. The highest BCUT2D eigenvalue weighted by Crippen LogP contribution is 2.41. The normalized spacial score (nSPS) is 14.6. The quantitative estimate of drug-likeness (QED) is 0.387. The highest BCUT2D eigenvalue weighted by Gasteiger charge is 2.29. The van der Waals surface area contributed by atoms with Crippen LogP contribution < -0.4 is 14.4 Å². The Hall–Kier alpha value is -3.22. The number of ether oxygens (including phenoxy) is 2. The Kier molecular flexibility index (Phi) is 7.29. The standard InChI is InChI=1S/C26H23Cl2NO5/c1-2-12-29(18-7-5-17(27)6-8-18)25(30)16-3-9-19(10-4-16)34-24-15-23-21(14-22(24)28)20(26(31)32)11-13-33-23/h3-10,14-15,20H,2,11-13H2,1H3,(H,31,32). The minimum atomic E-state index is -0.912. The van der Waals surface area contributed by atoms with E-state index in [1.165, 1.54) is 0 Å². The highest BCUT2D eigenvalue weighted by atomic mass is 35.5. The van der Waals surface area contributed by atoms with Crippen LogP contribution in [0.4, 0.5) is 5.69 Å². The van der Waals surface area contributed by atoms with Crippen LogP contribution in [0.25, 0.3) is 0 Å². The summed E-state index contributed by atoms with van der Waals surface area (Å²) < 4.78 is 11.5. The van der Waals surface area contributed by atoms with Gasteiger partial charge in [-0.2, -0.15) is 0 Å². The lowest BCUT2D eigenvalue weighted by molar-refractivity contribution is -0.139. The van der Waals surface area contributed by atoms with E-state index in [-0.39, 0.29) is 10.9 Å². The molecule has 0 bridgehead atoms. The summed E-state index contributed by atoms with van der Waals surface area (Å²) >= 11 is 12.4. The molecule has 0 aliphatic carbocycles. The second-order valence-electron chi connectivity index (χ2n) is 7.91. The summed E-state index contributed by atoms with van der Waals surface area (Å²) in [7, 11) is 0. The van der Waals surface area contributed by atoms with E-state index in [0.29, 0.717) is 53.0 Å². The molecule has 0 fully saturated rings. The monoisotopic (exact) mass is 499 g/mol. The van der Waals surface area contributed by atoms with Gasteiger partial charge in [-0.1, -0.05) is 30.1 Å². The molecule has 1 aliphatic heterocycles. The minimum Gasteiger partial charge on any atom is -0.493 e. The molecule has 1 N–H and O–H groups in total. The lowest BCUT2D eigenvalue weighted by Crippen LogP contribution is -2.31. The van der Waals surface area contributed by atoms with Gasteiger partial charge in [-0.3, -0.25) is 9.59 Å². The number of carbonyl (C=O) groups is 2. The number of rotatable bonds is 7. The zero-order chi connectivity index (χ0) is 24.2. The van der Waals surface area contributed by atoms with Crippen LogP contribution in [0.2, 0.25) is 10.0 Å². The van der Waals surface area contributed by atoms with Crippen LogP contribution in [0.1, 0.15) is 41.6 Å². The molecule has 0 saturated carbocycles. The number of aliphatic carboxylic acids is 1. The molecule has 1 atom stereocenters. The van der Waals surface area contributed by atoms with Gasteiger partial charge in [-0.05, 0) is 67.4 Å². The van der Waals surface area contributed by atoms with E-state index in [1.54, 1.807) is 53.4 Å². The maximum absolute atomic E-state index is 13.2. The molecule has 1 heterocycles. The van der Waals surface area contributed by atoms with Crippen molar-refractivity contribution in [3.8, 4) is 17.2 Å². The number of hydrogen-bond donors (Lipinski definition) is 1. The summed E-state index contributed by atoms with van der Waals surface area (Å²) in [5.74, 6) is -0.423. The van der Waals surface area contributed by atoms with E-state index in [0.717, 1.165) is 12.1 Å². The number of halogens is 2. The summed E-state index contributed by atoms with van der Waals surface area (Å²) in [6.07, 6.45) is 1.19. The summed E-state index contributed by atoms with van der Waals surface area (Å²) in [6, 6.07) is 17.1. The first kappa shape index (κ1) is 23.9. The van der Waals surface area contributed by atoms with Gasteiger partial charge in [0.1, 0.15) is 17.2 Å². The first-order valence-corrected chi connectivity index (χ1v) is 11.7. The molecule has 1 aliphatic rings. The number of carboxylic acids is 1. The Balaban J connectivity index is 1.53. The van der Waals surface area contributed by atoms with Gasteiger partial charge in [0.15, 0.2) is 0 Å². The molecule has 0 radical (unpaired) electrons. The van der Waals surface area contributed by atoms with Crippen molar-refractivity contribution in [1.29, 1.82) is 0 Å². The number of hydrogen-bond acceptors (Lipinski definition) is 4. The predicted octanol–water partition coefficient (Wildman–Crippen LogP) is 6.79. The molecule has 4 rings (SSSR count). The second kappa shape index (κ2) is 10.4. The average Bonchev–Trinajstić information content (AvgIpc) is 2.83. The van der Waals surface area contributed by atoms with Crippen LogP contribution in [0.15, 0.2) is 60.7 Å². The Morgan fingerprint density at radius 1 is 1.09 bits per heavy atom. The fourth-order valence-corrected chi connectivity index (χ4v) is 4.20. The fraction of sp³-hybridized carbons (Fsp3) is 0.231. The summed E-state index contributed by atoms with van der Waals surface area (Å²) in [4.78, 5) is 26.4. The third-order valence-corrected chi connectivity index (χ3v) is 6.11. The minimum absolute atomic E-state index is 0.129. The third-order valence-electron chi connectivity index (χ3n) is 5.56. The van der Waals surface area contributed by atoms with Crippen LogP contribution in [0.3, 0.4) is 0 Å². The first-order valence-electron chi connectivity index (χ1n) is 10.9. The van der Waals surface area contributed by atoms with Crippen molar-refractivity contribution in [2.24, 2.45) is 0 Å². The highest BCUT2D eigenvalue weighted by molar-refractivity contribution is 6.32. The van der Waals surface area contributed by atoms with Crippen molar-refractivity contribution in [3.05, 3.63) is 81.8 Å². The Labute approximate surface area is 207 Å². The fourth-order valence-electron chi connectivity index (χ4n) is 3.87. The lowest BCUT2D eigenvalue weighted by atomic mass is 9.93. The van der Waals surface area contributed by atoms with E-state index in [4.69, 9.17) is 32.7 Å². The van der Waals surface area contributed by atoms with E-state index in [9.17, 15) is 14.7 Å². The number of benzene rings is 3. The van der Waals surface area contributed by atoms with Crippen molar-refractivity contribution in [3.63, 3.8) is 0 Å². The molecule has 34 heavy (non-hydrogen) atoms. The number of carboxylic acid groups (broad SMARTS) is 1. The lowest BCUT2D eigenvalue weighted by Gasteiger charge is -2.24. The van der Waals surface area contributed by atoms with Gasteiger partial charge in [-0.15, -0.1) is 0 Å². The molecule has 0 spiro atoms. The molecule has 1 amide bonds.